The fraction of sp³-hybridized carbons (Fsp3) is 0.421. The molecule has 2 rings (SSSR count). The fourth-order valence-electron chi connectivity index (χ4n) is 2.39. The number of esters is 1. The molecule has 0 aliphatic rings. The van der Waals surface area contributed by atoms with E-state index in [9.17, 15) is 19.2 Å². The zero-order valence-electron chi connectivity index (χ0n) is 16.6. The maximum Gasteiger partial charge on any atom is 0.321 e. The molecule has 9 nitrogen and oxygen atoms in total. The van der Waals surface area contributed by atoms with Crippen LogP contribution in [0.25, 0.3) is 10.9 Å². The number of para-hydroxylation sites is 1. The van der Waals surface area contributed by atoms with E-state index < -0.39 is 17.9 Å². The van der Waals surface area contributed by atoms with E-state index in [4.69, 9.17) is 0 Å². The van der Waals surface area contributed by atoms with E-state index in [1.54, 1.807) is 24.3 Å². The molecule has 0 saturated carbocycles. The summed E-state index contributed by atoms with van der Waals surface area (Å²) in [7, 11) is 1.27. The zero-order valence-corrected chi connectivity index (χ0v) is 17.4. The summed E-state index contributed by atoms with van der Waals surface area (Å²) in [6, 6.07) is 6.27. The molecule has 3 amide bonds. The number of hydrogen-bond donors (Lipinski definition) is 2. The van der Waals surface area contributed by atoms with Gasteiger partial charge in [-0.15, -0.1) is 0 Å². The van der Waals surface area contributed by atoms with Gasteiger partial charge in [0.1, 0.15) is 0 Å². The molecule has 0 aliphatic carbocycles. The smallest absolute Gasteiger partial charge is 0.321 e. The van der Waals surface area contributed by atoms with E-state index in [0.717, 1.165) is 11.8 Å². The first-order valence-corrected chi connectivity index (χ1v) is 10.1. The molecule has 10 heteroatoms. The molecule has 0 atom stereocenters. The quantitative estimate of drug-likeness (QED) is 0.378. The Labute approximate surface area is 172 Å². The van der Waals surface area contributed by atoms with E-state index in [0.29, 0.717) is 17.4 Å². The van der Waals surface area contributed by atoms with Crippen LogP contribution in [0.3, 0.4) is 0 Å². The van der Waals surface area contributed by atoms with Crippen LogP contribution in [0.4, 0.5) is 4.79 Å². The molecular weight excluding hydrogens is 396 g/mol. The van der Waals surface area contributed by atoms with Gasteiger partial charge in [0, 0.05) is 13.1 Å². The minimum Gasteiger partial charge on any atom is -0.469 e. The number of aromatic nitrogens is 2. The third-order valence-electron chi connectivity index (χ3n) is 3.85. The van der Waals surface area contributed by atoms with Gasteiger partial charge in [0.15, 0.2) is 5.16 Å². The number of ether oxygens (including phenoxy) is 1. The molecule has 0 fully saturated rings. The third kappa shape index (κ3) is 6.60. The number of thioether (sulfide) groups is 1. The first kappa shape index (κ1) is 22.4. The van der Waals surface area contributed by atoms with Gasteiger partial charge < -0.3 is 10.1 Å². The summed E-state index contributed by atoms with van der Waals surface area (Å²) < 4.78 is 5.97. The second-order valence-corrected chi connectivity index (χ2v) is 7.58. The first-order valence-electron chi connectivity index (χ1n) is 9.08. The largest absolute Gasteiger partial charge is 0.469 e. The molecule has 1 heterocycles. The summed E-state index contributed by atoms with van der Waals surface area (Å²) >= 11 is 1.02. The van der Waals surface area contributed by atoms with Crippen LogP contribution in [0.5, 0.6) is 0 Å². The Morgan fingerprint density at radius 1 is 1.24 bits per heavy atom. The lowest BCUT2D eigenvalue weighted by Gasteiger charge is -2.13. The maximum absolute atomic E-state index is 12.8. The number of carbonyl (C=O) groups excluding carboxylic acids is 3. The van der Waals surface area contributed by atoms with Gasteiger partial charge in [-0.1, -0.05) is 37.7 Å². The maximum atomic E-state index is 12.8. The van der Waals surface area contributed by atoms with E-state index in [2.05, 4.69) is 20.4 Å². The number of imide groups is 1. The number of nitrogens with one attached hydrogen (secondary N) is 2. The molecule has 0 radical (unpaired) electrons. The Bertz CT molecular complexity index is 957. The lowest BCUT2D eigenvalue weighted by Crippen LogP contribution is -2.41. The number of nitrogens with zero attached hydrogens (tertiary/aromatic N) is 2. The van der Waals surface area contributed by atoms with E-state index in [-0.39, 0.29) is 35.4 Å². The first-order chi connectivity index (χ1) is 13.8. The van der Waals surface area contributed by atoms with Gasteiger partial charge >= 0.3 is 12.0 Å². The molecule has 0 saturated heterocycles. The molecule has 0 bridgehead atoms. The van der Waals surface area contributed by atoms with E-state index in [1.165, 1.54) is 11.7 Å². The summed E-state index contributed by atoms with van der Waals surface area (Å²) in [5, 5.41) is 5.53. The molecular formula is C19H24N4O5S. The SMILES string of the molecule is COC(=O)CCn1c(SCC(=O)NC(=O)NCC(C)C)nc2ccccc2c1=O. The fourth-order valence-corrected chi connectivity index (χ4v) is 3.22. The Hall–Kier alpha value is -2.88. The monoisotopic (exact) mass is 420 g/mol. The number of hydrogen-bond acceptors (Lipinski definition) is 7. The summed E-state index contributed by atoms with van der Waals surface area (Å²) in [5.74, 6) is -0.826. The van der Waals surface area contributed by atoms with Crippen molar-refractivity contribution < 1.29 is 19.1 Å². The topological polar surface area (TPSA) is 119 Å². The van der Waals surface area contributed by atoms with Crippen LogP contribution in [-0.4, -0.2) is 46.9 Å². The Kier molecular flexibility index (Phi) is 8.20. The molecule has 0 unspecified atom stereocenters. The summed E-state index contributed by atoms with van der Waals surface area (Å²) in [6.45, 7) is 4.40. The summed E-state index contributed by atoms with van der Waals surface area (Å²) in [5.41, 5.74) is 0.182. The molecule has 29 heavy (non-hydrogen) atoms. The van der Waals surface area contributed by atoms with Gasteiger partial charge in [-0.2, -0.15) is 0 Å². The second-order valence-electron chi connectivity index (χ2n) is 6.64. The minimum atomic E-state index is -0.571. The molecule has 0 aliphatic heterocycles. The van der Waals surface area contributed by atoms with Gasteiger partial charge in [0.05, 0.1) is 30.2 Å². The van der Waals surface area contributed by atoms with Crippen LogP contribution in [0.1, 0.15) is 20.3 Å². The van der Waals surface area contributed by atoms with Crippen LogP contribution in [0.15, 0.2) is 34.2 Å². The van der Waals surface area contributed by atoms with Crippen molar-refractivity contribution in [2.45, 2.75) is 32.0 Å². The number of fused-ring (bicyclic) bond motifs is 1. The highest BCUT2D eigenvalue weighted by atomic mass is 32.2. The van der Waals surface area contributed by atoms with Crippen molar-refractivity contribution in [1.29, 1.82) is 0 Å². The van der Waals surface area contributed by atoms with Gasteiger partial charge in [0.2, 0.25) is 5.91 Å². The third-order valence-corrected chi connectivity index (χ3v) is 4.83. The molecule has 2 aromatic rings. The number of rotatable bonds is 8. The number of urea groups is 1. The zero-order chi connectivity index (χ0) is 21.4. The van der Waals surface area contributed by atoms with Crippen molar-refractivity contribution in [3.05, 3.63) is 34.6 Å². The molecule has 1 aromatic heterocycles. The minimum absolute atomic E-state index is 0.00616. The van der Waals surface area contributed by atoms with Crippen molar-refractivity contribution in [2.24, 2.45) is 5.92 Å². The lowest BCUT2D eigenvalue weighted by atomic mass is 10.2. The predicted octanol–water partition coefficient (Wildman–Crippen LogP) is 1.53. The van der Waals surface area contributed by atoms with Crippen LogP contribution >= 0.6 is 11.8 Å². The normalized spacial score (nSPS) is 10.8. The Morgan fingerprint density at radius 3 is 2.66 bits per heavy atom. The van der Waals surface area contributed by atoms with Gasteiger partial charge in [-0.25, -0.2) is 9.78 Å². The highest BCUT2D eigenvalue weighted by molar-refractivity contribution is 7.99. The Morgan fingerprint density at radius 2 is 1.97 bits per heavy atom. The molecule has 2 N–H and O–H groups in total. The van der Waals surface area contributed by atoms with Crippen molar-refractivity contribution >= 4 is 40.6 Å². The summed E-state index contributed by atoms with van der Waals surface area (Å²) in [6.07, 6.45) is -0.00616. The van der Waals surface area contributed by atoms with Crippen molar-refractivity contribution in [3.8, 4) is 0 Å². The number of carbonyl (C=O) groups is 3. The van der Waals surface area contributed by atoms with Gasteiger partial charge in [-0.3, -0.25) is 24.3 Å². The van der Waals surface area contributed by atoms with Crippen LogP contribution < -0.4 is 16.2 Å². The van der Waals surface area contributed by atoms with Crippen molar-refractivity contribution in [2.75, 3.05) is 19.4 Å². The van der Waals surface area contributed by atoms with Crippen LogP contribution in [-0.2, 0) is 20.9 Å². The molecule has 156 valence electrons. The highest BCUT2D eigenvalue weighted by Gasteiger charge is 2.15. The average Bonchev–Trinajstić information content (AvgIpc) is 2.70. The number of benzene rings is 1. The van der Waals surface area contributed by atoms with Gasteiger partial charge in [0.25, 0.3) is 5.56 Å². The van der Waals surface area contributed by atoms with Crippen LogP contribution in [0, 0.1) is 5.92 Å². The second kappa shape index (κ2) is 10.6. The average molecular weight is 420 g/mol. The predicted molar refractivity (Wildman–Crippen MR) is 110 cm³/mol. The number of amides is 3. The van der Waals surface area contributed by atoms with Crippen molar-refractivity contribution in [3.63, 3.8) is 0 Å². The molecule has 1 aromatic carbocycles. The number of methoxy groups -OCH3 is 1. The van der Waals surface area contributed by atoms with E-state index in [1.807, 2.05) is 13.8 Å². The van der Waals surface area contributed by atoms with Crippen molar-refractivity contribution in [1.82, 2.24) is 20.2 Å². The summed E-state index contributed by atoms with van der Waals surface area (Å²) in [4.78, 5) is 52.5. The van der Waals surface area contributed by atoms with E-state index >= 15 is 0 Å². The lowest BCUT2D eigenvalue weighted by molar-refractivity contribution is -0.140. The van der Waals surface area contributed by atoms with Gasteiger partial charge in [-0.05, 0) is 18.1 Å². The Balaban J connectivity index is 2.15. The molecule has 0 spiro atoms. The van der Waals surface area contributed by atoms with Crippen LogP contribution in [0.2, 0.25) is 0 Å². The highest BCUT2D eigenvalue weighted by Crippen LogP contribution is 2.18. The standard InChI is InChI=1S/C19H24N4O5S/c1-12(2)10-20-18(27)22-15(24)11-29-19-21-14-7-5-4-6-13(14)17(26)23(19)9-8-16(25)28-3/h4-7,12H,8-11H2,1-3H3,(H2,20,22,24,27).